The van der Waals surface area contributed by atoms with E-state index in [1.807, 2.05) is 0 Å². The lowest BCUT2D eigenvalue weighted by atomic mass is 9.47. The Morgan fingerprint density at radius 1 is 1.13 bits per heavy atom. The molecule has 0 radical (unpaired) electrons. The monoisotopic (exact) mass is 430 g/mol. The first-order chi connectivity index (χ1) is 14.7. The summed E-state index contributed by atoms with van der Waals surface area (Å²) in [5.41, 5.74) is 2.70. The Hall–Kier alpha value is -1.62. The molecule has 4 unspecified atom stereocenters. The van der Waals surface area contributed by atoms with Crippen molar-refractivity contribution in [1.82, 2.24) is 0 Å². The number of fused-ring (bicyclic) bond motifs is 5. The van der Waals surface area contributed by atoms with Gasteiger partial charge in [-0.1, -0.05) is 31.6 Å². The molecular weight excluding hydrogens is 392 g/mol. The zero-order valence-electron chi connectivity index (χ0n) is 19.5. The van der Waals surface area contributed by atoms with Gasteiger partial charge in [-0.3, -0.25) is 9.59 Å². The molecule has 0 spiro atoms. The molecule has 0 heterocycles. The first-order valence-corrected chi connectivity index (χ1v) is 12.1. The third kappa shape index (κ3) is 3.88. The lowest BCUT2D eigenvalue weighted by Crippen LogP contribution is -2.50. The second-order valence-corrected chi connectivity index (χ2v) is 10.6. The number of rotatable bonds is 5. The molecule has 2 saturated carbocycles. The van der Waals surface area contributed by atoms with Crippen molar-refractivity contribution in [2.24, 2.45) is 28.6 Å². The molecule has 0 aromatic rings. The second kappa shape index (κ2) is 8.38. The summed E-state index contributed by atoms with van der Waals surface area (Å²) in [4.78, 5) is 23.4. The summed E-state index contributed by atoms with van der Waals surface area (Å²) in [5, 5.41) is 10.9. The minimum Gasteiger partial charge on any atom is -0.466 e. The quantitative estimate of drug-likeness (QED) is 0.504. The molecule has 0 aromatic carbocycles. The molecule has 172 valence electrons. The van der Waals surface area contributed by atoms with Gasteiger partial charge < -0.3 is 14.6 Å². The largest absolute Gasteiger partial charge is 0.466 e. The zero-order chi connectivity index (χ0) is 22.4. The predicted molar refractivity (Wildman–Crippen MR) is 118 cm³/mol. The number of hydrogen-bond acceptors (Lipinski definition) is 5. The molecule has 0 amide bonds. The van der Waals surface area contributed by atoms with Crippen molar-refractivity contribution in [3.8, 4) is 0 Å². The second-order valence-electron chi connectivity index (χ2n) is 10.6. The summed E-state index contributed by atoms with van der Waals surface area (Å²) in [6, 6.07) is 0. The summed E-state index contributed by atoms with van der Waals surface area (Å²) in [6.45, 7) is 8.38. The van der Waals surface area contributed by atoms with Gasteiger partial charge in [0, 0.05) is 13.3 Å². The third-order valence-electron chi connectivity index (χ3n) is 9.06. The Kier molecular flexibility index (Phi) is 6.10. The number of aliphatic hydroxyl groups excluding tert-OH is 1. The lowest BCUT2D eigenvalue weighted by Gasteiger charge is -2.58. The van der Waals surface area contributed by atoms with Crippen LogP contribution in [0.3, 0.4) is 0 Å². The number of carbonyl (C=O) groups is 2. The molecule has 0 aromatic heterocycles. The highest BCUT2D eigenvalue weighted by atomic mass is 16.5. The Labute approximate surface area is 186 Å². The third-order valence-corrected chi connectivity index (χ3v) is 9.06. The Morgan fingerprint density at radius 3 is 2.58 bits per heavy atom. The van der Waals surface area contributed by atoms with Gasteiger partial charge in [0.1, 0.15) is 6.10 Å². The van der Waals surface area contributed by atoms with Gasteiger partial charge in [-0.2, -0.15) is 0 Å². The van der Waals surface area contributed by atoms with E-state index in [2.05, 4.69) is 26.0 Å². The van der Waals surface area contributed by atoms with Gasteiger partial charge in [-0.15, -0.1) is 0 Å². The van der Waals surface area contributed by atoms with Crippen molar-refractivity contribution in [1.29, 1.82) is 0 Å². The molecule has 4 aliphatic rings. The van der Waals surface area contributed by atoms with Crippen molar-refractivity contribution in [3.63, 3.8) is 0 Å². The van der Waals surface area contributed by atoms with Crippen LogP contribution in [0.15, 0.2) is 23.3 Å². The van der Waals surface area contributed by atoms with Crippen LogP contribution < -0.4 is 0 Å². The topological polar surface area (TPSA) is 72.8 Å². The van der Waals surface area contributed by atoms with E-state index in [9.17, 15) is 14.7 Å². The van der Waals surface area contributed by atoms with E-state index in [0.29, 0.717) is 24.4 Å². The zero-order valence-corrected chi connectivity index (χ0v) is 19.5. The van der Waals surface area contributed by atoms with E-state index in [0.717, 1.165) is 50.5 Å². The van der Waals surface area contributed by atoms with Gasteiger partial charge in [-0.05, 0) is 79.6 Å². The van der Waals surface area contributed by atoms with Crippen LogP contribution in [0.25, 0.3) is 0 Å². The molecule has 5 heteroatoms. The summed E-state index contributed by atoms with van der Waals surface area (Å²) < 4.78 is 10.6. The first kappa shape index (κ1) is 22.6. The van der Waals surface area contributed by atoms with E-state index in [4.69, 9.17) is 9.47 Å². The normalized spacial score (nSPS) is 39.9. The van der Waals surface area contributed by atoms with E-state index >= 15 is 0 Å². The summed E-state index contributed by atoms with van der Waals surface area (Å²) >= 11 is 0. The van der Waals surface area contributed by atoms with Crippen LogP contribution in [0, 0.1) is 28.6 Å². The van der Waals surface area contributed by atoms with Crippen LogP contribution in [0.2, 0.25) is 0 Å². The average Bonchev–Trinajstić information content (AvgIpc) is 3.05. The number of hydrogen-bond donors (Lipinski definition) is 1. The van der Waals surface area contributed by atoms with Crippen LogP contribution in [-0.4, -0.2) is 35.9 Å². The van der Waals surface area contributed by atoms with Crippen molar-refractivity contribution >= 4 is 11.9 Å². The number of ether oxygens (including phenoxy) is 2. The molecule has 31 heavy (non-hydrogen) atoms. The van der Waals surface area contributed by atoms with Gasteiger partial charge in [0.2, 0.25) is 0 Å². The van der Waals surface area contributed by atoms with Crippen molar-refractivity contribution in [3.05, 3.63) is 23.3 Å². The number of esters is 2. The lowest BCUT2D eigenvalue weighted by molar-refractivity contribution is -0.149. The van der Waals surface area contributed by atoms with Gasteiger partial charge in [0.05, 0.1) is 19.1 Å². The van der Waals surface area contributed by atoms with E-state index < -0.39 is 6.10 Å². The first-order valence-electron chi connectivity index (χ1n) is 12.1. The van der Waals surface area contributed by atoms with Gasteiger partial charge in [0.25, 0.3) is 0 Å². The van der Waals surface area contributed by atoms with E-state index in [-0.39, 0.29) is 35.3 Å². The maximum Gasteiger partial charge on any atom is 0.308 e. The van der Waals surface area contributed by atoms with Crippen LogP contribution in [-0.2, 0) is 19.1 Å². The van der Waals surface area contributed by atoms with E-state index in [1.165, 1.54) is 12.5 Å². The van der Waals surface area contributed by atoms with Gasteiger partial charge >= 0.3 is 11.9 Å². The fourth-order valence-corrected chi connectivity index (χ4v) is 7.57. The molecule has 7 atom stereocenters. The predicted octanol–water partition coefficient (Wildman–Crippen LogP) is 4.73. The fraction of sp³-hybridized carbons (Fsp3) is 0.769. The standard InChI is InChI=1S/C26H38O5/c1-5-30-24(29)15-23(28)22-9-8-20-19-7-6-17-14-18(31-16(2)27)10-12-25(17,3)21(19)11-13-26(20,22)4/h6,9,18-21,23,28H,5,7-8,10-15H2,1-4H3/t18-,19?,20?,21?,23?,25-,26-/m0/s1. The van der Waals surface area contributed by atoms with Crippen LogP contribution >= 0.6 is 0 Å². The fourth-order valence-electron chi connectivity index (χ4n) is 7.57. The van der Waals surface area contributed by atoms with Gasteiger partial charge in [-0.25, -0.2) is 0 Å². The summed E-state index contributed by atoms with van der Waals surface area (Å²) in [6.07, 6.45) is 11.2. The molecule has 0 aliphatic heterocycles. The number of aliphatic hydroxyl groups is 1. The molecule has 4 aliphatic carbocycles. The van der Waals surface area contributed by atoms with Crippen molar-refractivity contribution in [2.75, 3.05) is 6.61 Å². The van der Waals surface area contributed by atoms with Crippen molar-refractivity contribution in [2.45, 2.75) is 91.3 Å². The highest BCUT2D eigenvalue weighted by Crippen LogP contribution is 2.65. The molecule has 0 bridgehead atoms. The smallest absolute Gasteiger partial charge is 0.308 e. The van der Waals surface area contributed by atoms with E-state index in [1.54, 1.807) is 6.92 Å². The van der Waals surface area contributed by atoms with Gasteiger partial charge in [0.15, 0.2) is 0 Å². The summed E-state index contributed by atoms with van der Waals surface area (Å²) in [7, 11) is 0. The highest BCUT2D eigenvalue weighted by molar-refractivity contribution is 5.70. The maximum absolute atomic E-state index is 11.9. The molecule has 2 fully saturated rings. The molecule has 0 saturated heterocycles. The minimum absolute atomic E-state index is 0.0278. The molecule has 1 N–H and O–H groups in total. The Morgan fingerprint density at radius 2 is 1.87 bits per heavy atom. The van der Waals surface area contributed by atoms with Crippen LogP contribution in [0.1, 0.15) is 79.1 Å². The Balaban J connectivity index is 1.50. The maximum atomic E-state index is 11.9. The minimum atomic E-state index is -0.741. The summed E-state index contributed by atoms with van der Waals surface area (Å²) in [5.74, 6) is 1.25. The molecular formula is C26H38O5. The van der Waals surface area contributed by atoms with Crippen molar-refractivity contribution < 1.29 is 24.2 Å². The van der Waals surface area contributed by atoms with Crippen LogP contribution in [0.4, 0.5) is 0 Å². The Bertz CT molecular complexity index is 798. The van der Waals surface area contributed by atoms with Crippen LogP contribution in [0.5, 0.6) is 0 Å². The number of carbonyl (C=O) groups excluding carboxylic acids is 2. The SMILES string of the molecule is CCOC(=O)CC(O)C1=CCC2C3CC=C4C[C@@H](OC(C)=O)CC[C@]4(C)C3CC[C@]12C. The number of allylic oxidation sites excluding steroid dienone is 2. The molecule has 5 nitrogen and oxygen atoms in total. The highest BCUT2D eigenvalue weighted by Gasteiger charge is 2.57. The average molecular weight is 431 g/mol. The molecule has 4 rings (SSSR count).